The second kappa shape index (κ2) is 12.3. The van der Waals surface area contributed by atoms with Gasteiger partial charge in [0, 0.05) is 7.11 Å². The number of carbonyl (C=O) groups excluding carboxylic acids is 1. The predicted octanol–water partition coefficient (Wildman–Crippen LogP) is 3.97. The molecule has 0 amide bonds. The highest BCUT2D eigenvalue weighted by Crippen LogP contribution is 2.28. The number of methoxy groups -OCH3 is 1. The molecule has 1 aliphatic heterocycles. The number of carbonyl (C=O) groups is 1. The maximum Gasteiger partial charge on any atom is 0.293 e. The van der Waals surface area contributed by atoms with Crippen molar-refractivity contribution in [3.8, 4) is 5.75 Å². The van der Waals surface area contributed by atoms with Crippen molar-refractivity contribution in [1.29, 1.82) is 0 Å². The molecule has 0 aliphatic carbocycles. The molecule has 1 fully saturated rings. The van der Waals surface area contributed by atoms with Crippen molar-refractivity contribution in [2.75, 3.05) is 33.4 Å². The summed E-state index contributed by atoms with van der Waals surface area (Å²) in [5.41, 5.74) is 1.05. The average Bonchev–Trinajstić information content (AvgIpc) is 2.58. The Hall–Kier alpha value is -1.11. The Bertz CT molecular complexity index is 525. The van der Waals surface area contributed by atoms with Gasteiger partial charge in [-0.2, -0.15) is 0 Å². The molecule has 1 saturated heterocycles. The third-order valence-electron chi connectivity index (χ3n) is 3.93. The first-order chi connectivity index (χ1) is 12.4. The summed E-state index contributed by atoms with van der Waals surface area (Å²) in [5.74, 6) is 1.72. The number of piperidine rings is 1. The van der Waals surface area contributed by atoms with Crippen LogP contribution in [0.15, 0.2) is 22.7 Å². The molecule has 5 nitrogen and oxygen atoms in total. The lowest BCUT2D eigenvalue weighted by molar-refractivity contribution is -0.138. The van der Waals surface area contributed by atoms with E-state index in [0.717, 1.165) is 35.7 Å². The van der Waals surface area contributed by atoms with Gasteiger partial charge in [0.25, 0.3) is 6.47 Å². The summed E-state index contributed by atoms with van der Waals surface area (Å²) in [5, 5.41) is 3.41. The lowest BCUT2D eigenvalue weighted by Gasteiger charge is -2.22. The minimum Gasteiger partial charge on any atom is -0.490 e. The molecule has 0 atom stereocenters. The van der Waals surface area contributed by atoms with Crippen LogP contribution in [0.4, 0.5) is 0 Å². The summed E-state index contributed by atoms with van der Waals surface area (Å²) in [6.45, 7) is 9.43. The molecule has 0 bridgehead atoms. The van der Waals surface area contributed by atoms with Gasteiger partial charge in [0.1, 0.15) is 18.0 Å². The van der Waals surface area contributed by atoms with E-state index in [-0.39, 0.29) is 5.60 Å². The van der Waals surface area contributed by atoms with Gasteiger partial charge in [0.15, 0.2) is 0 Å². The quantitative estimate of drug-likeness (QED) is 0.524. The summed E-state index contributed by atoms with van der Waals surface area (Å²) in [6.07, 6.45) is 3.70. The van der Waals surface area contributed by atoms with Gasteiger partial charge < -0.3 is 19.5 Å². The van der Waals surface area contributed by atoms with Crippen LogP contribution >= 0.6 is 15.9 Å². The van der Waals surface area contributed by atoms with Crippen LogP contribution in [0.25, 0.3) is 0 Å². The summed E-state index contributed by atoms with van der Waals surface area (Å²) in [6, 6.07) is 6.43. The summed E-state index contributed by atoms with van der Waals surface area (Å²) in [7, 11) is 1.69. The largest absolute Gasteiger partial charge is 0.490 e. The number of nitrogens with one attached hydrogen (secondary N) is 1. The van der Waals surface area contributed by atoms with Crippen molar-refractivity contribution in [3.63, 3.8) is 0 Å². The van der Waals surface area contributed by atoms with E-state index in [0.29, 0.717) is 19.7 Å². The van der Waals surface area contributed by atoms with E-state index in [1.807, 2.05) is 20.8 Å². The molecule has 6 heteroatoms. The second-order valence-electron chi connectivity index (χ2n) is 7.33. The molecule has 0 saturated carbocycles. The van der Waals surface area contributed by atoms with Gasteiger partial charge >= 0.3 is 0 Å². The highest BCUT2D eigenvalue weighted by molar-refractivity contribution is 9.10. The van der Waals surface area contributed by atoms with Crippen LogP contribution in [-0.4, -0.2) is 45.5 Å². The number of rotatable bonds is 7. The number of halogens is 1. The van der Waals surface area contributed by atoms with Crippen LogP contribution in [0.5, 0.6) is 5.75 Å². The topological polar surface area (TPSA) is 56.8 Å². The molecule has 148 valence electrons. The molecule has 0 radical (unpaired) electrons. The van der Waals surface area contributed by atoms with E-state index in [4.69, 9.17) is 9.47 Å². The van der Waals surface area contributed by atoms with Crippen LogP contribution in [0.1, 0.15) is 39.2 Å². The van der Waals surface area contributed by atoms with Crippen molar-refractivity contribution in [2.45, 2.75) is 45.6 Å². The van der Waals surface area contributed by atoms with Gasteiger partial charge in [-0.15, -0.1) is 0 Å². The Morgan fingerprint density at radius 3 is 2.46 bits per heavy atom. The Morgan fingerprint density at radius 2 is 1.92 bits per heavy atom. The molecule has 0 aromatic heterocycles. The van der Waals surface area contributed by atoms with Crippen molar-refractivity contribution < 1.29 is 19.0 Å². The monoisotopic (exact) mass is 429 g/mol. The van der Waals surface area contributed by atoms with E-state index in [9.17, 15) is 4.79 Å². The molecule has 1 N–H and O–H groups in total. The lowest BCUT2D eigenvalue weighted by Crippen LogP contribution is -2.28. The van der Waals surface area contributed by atoms with E-state index < -0.39 is 0 Å². The number of ether oxygens (including phenoxy) is 3. The SMILES string of the molecule is CC(C)(C)OC=O.COCCOc1cc(CC2CCNCC2)ccc1Br. The summed E-state index contributed by atoms with van der Waals surface area (Å²) in [4.78, 5) is 9.60. The zero-order valence-corrected chi connectivity index (χ0v) is 17.9. The number of hydrogen-bond acceptors (Lipinski definition) is 5. The Balaban J connectivity index is 0.000000412. The van der Waals surface area contributed by atoms with Crippen molar-refractivity contribution in [2.24, 2.45) is 5.92 Å². The highest BCUT2D eigenvalue weighted by atomic mass is 79.9. The number of hydrogen-bond donors (Lipinski definition) is 1. The molecular weight excluding hydrogens is 398 g/mol. The third-order valence-corrected chi connectivity index (χ3v) is 4.58. The fourth-order valence-corrected chi connectivity index (χ4v) is 2.94. The van der Waals surface area contributed by atoms with Crippen LogP contribution in [0.3, 0.4) is 0 Å². The van der Waals surface area contributed by atoms with Crippen LogP contribution in [0, 0.1) is 5.92 Å². The van der Waals surface area contributed by atoms with E-state index >= 15 is 0 Å². The van der Waals surface area contributed by atoms with Crippen molar-refractivity contribution >= 4 is 22.4 Å². The molecule has 1 aliphatic rings. The van der Waals surface area contributed by atoms with Crippen LogP contribution < -0.4 is 10.1 Å². The summed E-state index contributed by atoms with van der Waals surface area (Å²) >= 11 is 3.53. The first kappa shape index (κ1) is 22.9. The Labute approximate surface area is 165 Å². The number of benzene rings is 1. The minimum absolute atomic E-state index is 0.318. The van der Waals surface area contributed by atoms with Gasteiger partial charge in [-0.25, -0.2) is 0 Å². The molecule has 1 aromatic carbocycles. The second-order valence-corrected chi connectivity index (χ2v) is 8.18. The standard InChI is InChI=1S/C15H22BrNO2.C5H10O2/c1-18-8-9-19-15-11-13(2-3-14(15)16)10-12-4-6-17-7-5-12;1-5(2,3)7-4-6/h2-3,11-12,17H,4-10H2,1H3;4H,1-3H3. The Kier molecular flexibility index (Phi) is 10.9. The maximum atomic E-state index is 9.60. The third kappa shape index (κ3) is 10.1. The van der Waals surface area contributed by atoms with Crippen molar-refractivity contribution in [3.05, 3.63) is 28.2 Å². The first-order valence-corrected chi connectivity index (χ1v) is 9.87. The smallest absolute Gasteiger partial charge is 0.293 e. The van der Waals surface area contributed by atoms with Gasteiger partial charge in [-0.1, -0.05) is 6.07 Å². The van der Waals surface area contributed by atoms with Crippen LogP contribution in [0.2, 0.25) is 0 Å². The first-order valence-electron chi connectivity index (χ1n) is 9.08. The lowest BCUT2D eigenvalue weighted by atomic mass is 9.91. The van der Waals surface area contributed by atoms with Gasteiger partial charge in [-0.05, 0) is 92.7 Å². The van der Waals surface area contributed by atoms with E-state index in [2.05, 4.69) is 44.2 Å². The fraction of sp³-hybridized carbons (Fsp3) is 0.650. The molecule has 1 aromatic rings. The minimum atomic E-state index is -0.318. The Morgan fingerprint density at radius 1 is 1.23 bits per heavy atom. The van der Waals surface area contributed by atoms with E-state index in [1.165, 1.54) is 18.4 Å². The molecule has 26 heavy (non-hydrogen) atoms. The van der Waals surface area contributed by atoms with Crippen molar-refractivity contribution in [1.82, 2.24) is 5.32 Å². The summed E-state index contributed by atoms with van der Waals surface area (Å²) < 4.78 is 16.3. The highest BCUT2D eigenvalue weighted by Gasteiger charge is 2.14. The molecule has 2 rings (SSSR count). The predicted molar refractivity (Wildman–Crippen MR) is 108 cm³/mol. The zero-order chi connectivity index (χ0) is 19.4. The van der Waals surface area contributed by atoms with Gasteiger partial charge in [-0.3, -0.25) is 4.79 Å². The maximum absolute atomic E-state index is 9.60. The molecule has 0 unspecified atom stereocenters. The molecule has 1 heterocycles. The van der Waals surface area contributed by atoms with E-state index in [1.54, 1.807) is 7.11 Å². The molecule has 0 spiro atoms. The van der Waals surface area contributed by atoms with Gasteiger partial charge in [0.2, 0.25) is 0 Å². The normalized spacial score (nSPS) is 15.0. The average molecular weight is 430 g/mol. The zero-order valence-electron chi connectivity index (χ0n) is 16.3. The fourth-order valence-electron chi connectivity index (χ4n) is 2.58. The van der Waals surface area contributed by atoms with Crippen LogP contribution in [-0.2, 0) is 20.7 Å². The van der Waals surface area contributed by atoms with Gasteiger partial charge in [0.05, 0.1) is 11.1 Å². The molecular formula is C20H32BrNO4.